The lowest BCUT2D eigenvalue weighted by molar-refractivity contribution is 0.793. The second kappa shape index (κ2) is 4.51. The van der Waals surface area contributed by atoms with Crippen LogP contribution in [0.5, 0.6) is 0 Å². The Morgan fingerprint density at radius 3 is 2.89 bits per heavy atom. The fourth-order valence-corrected chi connectivity index (χ4v) is 3.06. The van der Waals surface area contributed by atoms with Crippen molar-refractivity contribution in [3.05, 3.63) is 53.3 Å². The lowest BCUT2D eigenvalue weighted by Crippen LogP contribution is -2.15. The van der Waals surface area contributed by atoms with Crippen LogP contribution in [0.25, 0.3) is 10.2 Å². The van der Waals surface area contributed by atoms with Gasteiger partial charge in [0.05, 0.1) is 22.5 Å². The van der Waals surface area contributed by atoms with Gasteiger partial charge in [-0.15, -0.1) is 11.3 Å². The molecule has 0 bridgehead atoms. The molecule has 0 amide bonds. The molecule has 2 heterocycles. The molecule has 1 aromatic carbocycles. The van der Waals surface area contributed by atoms with Crippen molar-refractivity contribution in [3.8, 4) is 0 Å². The summed E-state index contributed by atoms with van der Waals surface area (Å²) in [5.74, 6) is 0. The first kappa shape index (κ1) is 11.4. The zero-order valence-electron chi connectivity index (χ0n) is 9.54. The maximum Gasteiger partial charge on any atom is 0.120 e. The number of hydrogen-bond acceptors (Lipinski definition) is 3. The molecule has 18 heavy (non-hydrogen) atoms. The van der Waals surface area contributed by atoms with Crippen molar-refractivity contribution in [1.29, 1.82) is 0 Å². The third-order valence-electron chi connectivity index (χ3n) is 2.73. The molecule has 0 aliphatic carbocycles. The minimum absolute atomic E-state index is 0.418. The highest BCUT2D eigenvalue weighted by molar-refractivity contribution is 7.80. The number of para-hydroxylation sites is 1. The van der Waals surface area contributed by atoms with Crippen LogP contribution < -0.4 is 5.73 Å². The summed E-state index contributed by atoms with van der Waals surface area (Å²) in [6, 6.07) is 12.0. The van der Waals surface area contributed by atoms with Gasteiger partial charge in [-0.3, -0.25) is 0 Å². The van der Waals surface area contributed by atoms with Gasteiger partial charge in [-0.05, 0) is 24.3 Å². The van der Waals surface area contributed by atoms with Crippen LogP contribution in [-0.2, 0) is 6.54 Å². The molecule has 2 N–H and O–H groups in total. The average molecular weight is 273 g/mol. The molecule has 3 rings (SSSR count). The molecule has 0 atom stereocenters. The predicted octanol–water partition coefficient (Wildman–Crippen LogP) is 2.78. The molecule has 3 aromatic rings. The normalized spacial score (nSPS) is 10.9. The van der Waals surface area contributed by atoms with Crippen molar-refractivity contribution in [3.63, 3.8) is 0 Å². The number of benzene rings is 1. The summed E-state index contributed by atoms with van der Waals surface area (Å²) in [5.41, 5.74) is 7.60. The zero-order chi connectivity index (χ0) is 12.5. The van der Waals surface area contributed by atoms with Crippen molar-refractivity contribution < 1.29 is 0 Å². The number of nitrogens with zero attached hydrogens (tertiary/aromatic N) is 2. The van der Waals surface area contributed by atoms with Gasteiger partial charge in [0.25, 0.3) is 0 Å². The van der Waals surface area contributed by atoms with E-state index >= 15 is 0 Å². The lowest BCUT2D eigenvalue weighted by Gasteiger charge is -2.04. The van der Waals surface area contributed by atoms with Crippen LogP contribution in [0.1, 0.15) is 10.7 Å². The van der Waals surface area contributed by atoms with Gasteiger partial charge >= 0.3 is 0 Å². The second-order valence-electron chi connectivity index (χ2n) is 3.96. The molecule has 0 spiro atoms. The maximum atomic E-state index is 5.68. The van der Waals surface area contributed by atoms with Crippen molar-refractivity contribution >= 4 is 38.8 Å². The summed E-state index contributed by atoms with van der Waals surface area (Å²) < 4.78 is 3.23. The average Bonchev–Trinajstić information content (AvgIpc) is 2.94. The van der Waals surface area contributed by atoms with Crippen LogP contribution in [-0.4, -0.2) is 14.5 Å². The Kier molecular flexibility index (Phi) is 2.85. The molecule has 5 heteroatoms. The topological polar surface area (TPSA) is 43.8 Å². The maximum absolute atomic E-state index is 5.68. The smallest absolute Gasteiger partial charge is 0.120 e. The second-order valence-corrected chi connectivity index (χ2v) is 5.52. The molecule has 2 aromatic heterocycles. The van der Waals surface area contributed by atoms with Gasteiger partial charge in [-0.1, -0.05) is 24.4 Å². The molecule has 0 fully saturated rings. The van der Waals surface area contributed by atoms with E-state index in [4.69, 9.17) is 18.0 Å². The Bertz CT molecular complexity index is 679. The highest BCUT2D eigenvalue weighted by Crippen LogP contribution is 2.22. The molecule has 0 unspecified atom stereocenters. The standard InChI is InChI=1S/C13H11N3S2/c14-13(17)10-5-3-7-16(10)8-12-15-9-4-1-2-6-11(9)18-12/h1-7H,8H2,(H2,14,17). The summed E-state index contributed by atoms with van der Waals surface area (Å²) in [6.07, 6.45) is 1.97. The largest absolute Gasteiger partial charge is 0.388 e. The van der Waals surface area contributed by atoms with Crippen molar-refractivity contribution in [2.75, 3.05) is 0 Å². The minimum Gasteiger partial charge on any atom is -0.388 e. The summed E-state index contributed by atoms with van der Waals surface area (Å²) in [4.78, 5) is 5.02. The van der Waals surface area contributed by atoms with Gasteiger partial charge in [0, 0.05) is 6.20 Å². The number of fused-ring (bicyclic) bond motifs is 1. The summed E-state index contributed by atoms with van der Waals surface area (Å²) in [7, 11) is 0. The number of thiazole rings is 1. The molecule has 0 saturated carbocycles. The number of rotatable bonds is 3. The summed E-state index contributed by atoms with van der Waals surface area (Å²) >= 11 is 6.72. The Labute approximate surface area is 114 Å². The summed E-state index contributed by atoms with van der Waals surface area (Å²) in [6.45, 7) is 0.707. The van der Waals surface area contributed by atoms with E-state index in [1.807, 2.05) is 41.1 Å². The minimum atomic E-state index is 0.418. The first-order chi connectivity index (χ1) is 8.74. The Balaban J connectivity index is 1.96. The van der Waals surface area contributed by atoms with Crippen LogP contribution in [0, 0.1) is 0 Å². The van der Waals surface area contributed by atoms with Crippen molar-refractivity contribution in [1.82, 2.24) is 9.55 Å². The Morgan fingerprint density at radius 1 is 1.28 bits per heavy atom. The van der Waals surface area contributed by atoms with Gasteiger partial charge in [-0.25, -0.2) is 4.98 Å². The Morgan fingerprint density at radius 2 is 2.11 bits per heavy atom. The van der Waals surface area contributed by atoms with Gasteiger partial charge in [0.1, 0.15) is 10.00 Å². The number of nitrogens with two attached hydrogens (primary N) is 1. The lowest BCUT2D eigenvalue weighted by atomic mass is 10.3. The van der Waals surface area contributed by atoms with Gasteiger partial charge in [0.15, 0.2) is 0 Å². The van der Waals surface area contributed by atoms with E-state index in [2.05, 4.69) is 11.1 Å². The van der Waals surface area contributed by atoms with Crippen LogP contribution in [0.15, 0.2) is 42.6 Å². The third-order valence-corrected chi connectivity index (χ3v) is 3.96. The van der Waals surface area contributed by atoms with E-state index < -0.39 is 0 Å². The van der Waals surface area contributed by atoms with Crippen LogP contribution >= 0.6 is 23.6 Å². The van der Waals surface area contributed by atoms with Crippen LogP contribution in [0.3, 0.4) is 0 Å². The van der Waals surface area contributed by atoms with Gasteiger partial charge < -0.3 is 10.3 Å². The highest BCUT2D eigenvalue weighted by Gasteiger charge is 2.07. The van der Waals surface area contributed by atoms with E-state index in [1.165, 1.54) is 4.70 Å². The first-order valence-electron chi connectivity index (χ1n) is 5.53. The molecular weight excluding hydrogens is 262 g/mol. The molecule has 0 saturated heterocycles. The van der Waals surface area contributed by atoms with Gasteiger partial charge in [-0.2, -0.15) is 0 Å². The van der Waals surface area contributed by atoms with E-state index in [-0.39, 0.29) is 0 Å². The quantitative estimate of drug-likeness (QED) is 0.746. The molecule has 0 aliphatic heterocycles. The molecule has 0 radical (unpaired) electrons. The number of hydrogen-bond donors (Lipinski definition) is 1. The molecule has 90 valence electrons. The van der Waals surface area contributed by atoms with E-state index in [0.717, 1.165) is 16.2 Å². The monoisotopic (exact) mass is 273 g/mol. The molecule has 3 nitrogen and oxygen atoms in total. The number of aromatic nitrogens is 2. The summed E-state index contributed by atoms with van der Waals surface area (Å²) in [5, 5.41) is 1.06. The fourth-order valence-electron chi connectivity index (χ4n) is 1.91. The van der Waals surface area contributed by atoms with Crippen molar-refractivity contribution in [2.45, 2.75) is 6.54 Å². The molecular formula is C13H11N3S2. The fraction of sp³-hybridized carbons (Fsp3) is 0.0769. The van der Waals surface area contributed by atoms with Crippen LogP contribution in [0.4, 0.5) is 0 Å². The van der Waals surface area contributed by atoms with E-state index in [1.54, 1.807) is 11.3 Å². The third kappa shape index (κ3) is 2.02. The van der Waals surface area contributed by atoms with Crippen molar-refractivity contribution in [2.24, 2.45) is 5.73 Å². The van der Waals surface area contributed by atoms with E-state index in [0.29, 0.717) is 11.5 Å². The molecule has 0 aliphatic rings. The number of thiocarbonyl (C=S) groups is 1. The SMILES string of the molecule is NC(=S)c1cccn1Cc1nc2ccccc2s1. The van der Waals surface area contributed by atoms with E-state index in [9.17, 15) is 0 Å². The Hall–Kier alpha value is -1.72. The zero-order valence-corrected chi connectivity index (χ0v) is 11.2. The highest BCUT2D eigenvalue weighted by atomic mass is 32.1. The van der Waals surface area contributed by atoms with Gasteiger partial charge in [0.2, 0.25) is 0 Å². The predicted molar refractivity (Wildman–Crippen MR) is 79.0 cm³/mol. The van der Waals surface area contributed by atoms with Crippen LogP contribution in [0.2, 0.25) is 0 Å². The first-order valence-corrected chi connectivity index (χ1v) is 6.76.